The summed E-state index contributed by atoms with van der Waals surface area (Å²) in [5, 5.41) is 2.92. The summed E-state index contributed by atoms with van der Waals surface area (Å²) < 4.78 is 0. The van der Waals surface area contributed by atoms with Gasteiger partial charge in [0, 0.05) is 0 Å². The van der Waals surface area contributed by atoms with Crippen LogP contribution >= 0.6 is 0 Å². The van der Waals surface area contributed by atoms with E-state index in [9.17, 15) is 0 Å². The van der Waals surface area contributed by atoms with E-state index in [1.165, 1.54) is 34.7 Å². The van der Waals surface area contributed by atoms with Crippen LogP contribution in [0.5, 0.6) is 0 Å². The average molecular weight is 244 g/mol. The maximum Gasteiger partial charge on any atom is -0.0120 e. The molecule has 3 rings (SSSR count). The van der Waals surface area contributed by atoms with E-state index in [0.717, 1.165) is 0 Å². The summed E-state index contributed by atoms with van der Waals surface area (Å²) in [7, 11) is 0. The minimum Gasteiger partial charge on any atom is -0.0683 e. The van der Waals surface area contributed by atoms with Crippen molar-refractivity contribution in [2.45, 2.75) is 54.4 Å². The highest BCUT2D eigenvalue weighted by molar-refractivity contribution is 5.90. The topological polar surface area (TPSA) is 0 Å². The first-order valence-corrected chi connectivity index (χ1v) is 7.45. The highest BCUT2D eigenvalue weighted by atomic mass is 14.2. The molecule has 0 aromatic heterocycles. The van der Waals surface area contributed by atoms with E-state index < -0.39 is 0 Å². The van der Waals surface area contributed by atoms with E-state index in [1.807, 2.05) is 41.5 Å². The standard InChI is InChI=1S/C12H10.3C2H6/c1-3-9-4-2-6-11-8-7-10(5-1)12(9)11;3*1-2/h1-6H,7-8H2;3*1-2H3. The van der Waals surface area contributed by atoms with Crippen molar-refractivity contribution in [1.82, 2.24) is 0 Å². The molecule has 0 heterocycles. The zero-order valence-electron chi connectivity index (χ0n) is 12.9. The molecule has 2 aromatic carbocycles. The Bertz CT molecular complexity index is 402. The molecule has 1 aliphatic rings. The molecular formula is C18H28. The van der Waals surface area contributed by atoms with E-state index in [-0.39, 0.29) is 0 Å². The molecule has 0 aliphatic heterocycles. The van der Waals surface area contributed by atoms with Gasteiger partial charge < -0.3 is 0 Å². The summed E-state index contributed by atoms with van der Waals surface area (Å²) in [4.78, 5) is 0. The lowest BCUT2D eigenvalue weighted by Crippen LogP contribution is -1.76. The molecule has 1 aliphatic carbocycles. The van der Waals surface area contributed by atoms with Crippen molar-refractivity contribution in [3.05, 3.63) is 47.5 Å². The minimum absolute atomic E-state index is 1.23. The Morgan fingerprint density at radius 3 is 1.39 bits per heavy atom. The first-order valence-electron chi connectivity index (χ1n) is 7.45. The van der Waals surface area contributed by atoms with Gasteiger partial charge in [-0.2, -0.15) is 0 Å². The van der Waals surface area contributed by atoms with E-state index in [2.05, 4.69) is 36.4 Å². The Hall–Kier alpha value is -1.30. The van der Waals surface area contributed by atoms with E-state index in [4.69, 9.17) is 0 Å². The molecule has 2 aromatic rings. The van der Waals surface area contributed by atoms with Crippen molar-refractivity contribution in [3.8, 4) is 0 Å². The first kappa shape index (κ1) is 16.7. The van der Waals surface area contributed by atoms with Gasteiger partial charge in [-0.25, -0.2) is 0 Å². The molecule has 0 heteroatoms. The van der Waals surface area contributed by atoms with Gasteiger partial charge in [-0.3, -0.25) is 0 Å². The third-order valence-corrected chi connectivity index (χ3v) is 2.74. The molecule has 0 radical (unpaired) electrons. The second kappa shape index (κ2) is 9.70. The molecule has 0 N–H and O–H groups in total. The van der Waals surface area contributed by atoms with Crippen molar-refractivity contribution >= 4 is 10.8 Å². The van der Waals surface area contributed by atoms with Crippen LogP contribution in [0, 0.1) is 0 Å². The van der Waals surface area contributed by atoms with Crippen molar-refractivity contribution in [1.29, 1.82) is 0 Å². The number of hydrogen-bond acceptors (Lipinski definition) is 0. The summed E-state index contributed by atoms with van der Waals surface area (Å²) in [5.74, 6) is 0. The molecule has 100 valence electrons. The lowest BCUT2D eigenvalue weighted by molar-refractivity contribution is 1.02. The molecule has 0 saturated carbocycles. The predicted molar refractivity (Wildman–Crippen MR) is 85.4 cm³/mol. The van der Waals surface area contributed by atoms with Gasteiger partial charge in [-0.05, 0) is 34.7 Å². The Balaban J connectivity index is 0.000000429. The largest absolute Gasteiger partial charge is 0.0683 e. The highest BCUT2D eigenvalue weighted by Gasteiger charge is 2.11. The van der Waals surface area contributed by atoms with Crippen LogP contribution in [0.3, 0.4) is 0 Å². The number of hydrogen-bond donors (Lipinski definition) is 0. The molecule has 18 heavy (non-hydrogen) atoms. The van der Waals surface area contributed by atoms with Gasteiger partial charge in [0.25, 0.3) is 0 Å². The fourth-order valence-electron chi connectivity index (χ4n) is 2.19. The first-order chi connectivity index (χ1) is 8.95. The van der Waals surface area contributed by atoms with Gasteiger partial charge in [-0.1, -0.05) is 77.9 Å². The third kappa shape index (κ3) is 3.60. The van der Waals surface area contributed by atoms with Crippen LogP contribution < -0.4 is 0 Å². The van der Waals surface area contributed by atoms with Crippen LogP contribution in [0.15, 0.2) is 36.4 Å². The van der Waals surface area contributed by atoms with E-state index >= 15 is 0 Å². The normalized spacial score (nSPS) is 10.3. The van der Waals surface area contributed by atoms with Crippen LogP contribution in [0.1, 0.15) is 52.7 Å². The van der Waals surface area contributed by atoms with Gasteiger partial charge in [0.15, 0.2) is 0 Å². The summed E-state index contributed by atoms with van der Waals surface area (Å²) in [6, 6.07) is 13.2. The second-order valence-corrected chi connectivity index (χ2v) is 3.43. The van der Waals surface area contributed by atoms with Crippen LogP contribution in [0.2, 0.25) is 0 Å². The van der Waals surface area contributed by atoms with E-state index in [0.29, 0.717) is 0 Å². The van der Waals surface area contributed by atoms with E-state index in [1.54, 1.807) is 0 Å². The molecular weight excluding hydrogens is 216 g/mol. The molecule has 0 nitrogen and oxygen atoms in total. The molecule has 0 bridgehead atoms. The SMILES string of the molecule is CC.CC.CC.c1cc2c3c(cccc3c1)CC2. The quantitative estimate of drug-likeness (QED) is 0.532. The third-order valence-electron chi connectivity index (χ3n) is 2.74. The molecule has 0 unspecified atom stereocenters. The average Bonchev–Trinajstić information content (AvgIpc) is 2.92. The van der Waals surface area contributed by atoms with Crippen molar-refractivity contribution in [3.63, 3.8) is 0 Å². The van der Waals surface area contributed by atoms with Gasteiger partial charge in [-0.15, -0.1) is 0 Å². The number of benzene rings is 2. The lowest BCUT2D eigenvalue weighted by atomic mass is 10.1. The molecule has 0 amide bonds. The lowest BCUT2D eigenvalue weighted by Gasteiger charge is -1.99. The summed E-state index contributed by atoms with van der Waals surface area (Å²) in [6.07, 6.45) is 2.47. The van der Waals surface area contributed by atoms with Gasteiger partial charge >= 0.3 is 0 Å². The molecule has 0 atom stereocenters. The van der Waals surface area contributed by atoms with Gasteiger partial charge in [0.1, 0.15) is 0 Å². The Kier molecular flexibility index (Phi) is 9.00. The smallest absolute Gasteiger partial charge is 0.0120 e. The zero-order chi connectivity index (χ0) is 14.0. The van der Waals surface area contributed by atoms with Crippen molar-refractivity contribution in [2.24, 2.45) is 0 Å². The maximum atomic E-state index is 2.25. The second-order valence-electron chi connectivity index (χ2n) is 3.43. The Morgan fingerprint density at radius 1 is 0.611 bits per heavy atom. The highest BCUT2D eigenvalue weighted by Crippen LogP contribution is 2.29. The fraction of sp³-hybridized carbons (Fsp3) is 0.444. The van der Waals surface area contributed by atoms with Crippen molar-refractivity contribution in [2.75, 3.05) is 0 Å². The summed E-state index contributed by atoms with van der Waals surface area (Å²) >= 11 is 0. The number of rotatable bonds is 0. The number of aryl methyl sites for hydroxylation is 2. The van der Waals surface area contributed by atoms with Crippen LogP contribution in [0.4, 0.5) is 0 Å². The Morgan fingerprint density at radius 2 is 1.00 bits per heavy atom. The molecule has 0 saturated heterocycles. The van der Waals surface area contributed by atoms with Crippen LogP contribution in [-0.4, -0.2) is 0 Å². The Labute approximate surface area is 113 Å². The minimum atomic E-state index is 1.23. The van der Waals surface area contributed by atoms with Gasteiger partial charge in [0.2, 0.25) is 0 Å². The summed E-state index contributed by atoms with van der Waals surface area (Å²) in [6.45, 7) is 12.0. The molecule has 0 fully saturated rings. The van der Waals surface area contributed by atoms with Crippen LogP contribution in [0.25, 0.3) is 10.8 Å². The monoisotopic (exact) mass is 244 g/mol. The maximum absolute atomic E-state index is 2.25. The van der Waals surface area contributed by atoms with Gasteiger partial charge in [0.05, 0.1) is 0 Å². The fourth-order valence-corrected chi connectivity index (χ4v) is 2.19. The zero-order valence-corrected chi connectivity index (χ0v) is 12.9. The molecule has 0 spiro atoms. The van der Waals surface area contributed by atoms with Crippen LogP contribution in [-0.2, 0) is 12.8 Å². The van der Waals surface area contributed by atoms with Crippen molar-refractivity contribution < 1.29 is 0 Å². The summed E-state index contributed by atoms with van der Waals surface area (Å²) in [5.41, 5.74) is 3.06. The predicted octanol–water partition coefficient (Wildman–Crippen LogP) is 6.02.